The summed E-state index contributed by atoms with van der Waals surface area (Å²) in [5.74, 6) is 1.01. The van der Waals surface area contributed by atoms with Crippen molar-refractivity contribution < 1.29 is 4.79 Å². The van der Waals surface area contributed by atoms with Crippen LogP contribution in [0.2, 0.25) is 0 Å². The number of rotatable bonds is 1. The van der Waals surface area contributed by atoms with E-state index in [1.165, 1.54) is 0 Å². The molecule has 1 aliphatic carbocycles. The molecule has 1 spiro atoms. The summed E-state index contributed by atoms with van der Waals surface area (Å²) in [6.45, 7) is 2.02. The number of nitrogens with one attached hydrogen (secondary N) is 1. The van der Waals surface area contributed by atoms with E-state index in [1.807, 2.05) is 6.92 Å². The molecule has 0 aromatic carbocycles. The summed E-state index contributed by atoms with van der Waals surface area (Å²) >= 11 is 0. The lowest BCUT2D eigenvalue weighted by Crippen LogP contribution is -2.37. The van der Waals surface area contributed by atoms with Gasteiger partial charge in [-0.3, -0.25) is 9.79 Å². The second kappa shape index (κ2) is 2.57. The van der Waals surface area contributed by atoms with E-state index in [0.717, 1.165) is 37.9 Å². The van der Waals surface area contributed by atoms with Crippen molar-refractivity contribution in [3.8, 4) is 0 Å². The summed E-state index contributed by atoms with van der Waals surface area (Å²) in [6, 6.07) is 0. The molecule has 12 heavy (non-hydrogen) atoms. The van der Waals surface area contributed by atoms with Crippen molar-refractivity contribution in [2.75, 3.05) is 0 Å². The lowest BCUT2D eigenvalue weighted by Gasteiger charge is -2.14. The van der Waals surface area contributed by atoms with Gasteiger partial charge in [0.1, 0.15) is 11.4 Å². The molecule has 0 radical (unpaired) electrons. The highest BCUT2D eigenvalue weighted by molar-refractivity contribution is 6.08. The average molecular weight is 166 g/mol. The zero-order valence-corrected chi connectivity index (χ0v) is 7.39. The molecule has 3 nitrogen and oxygen atoms in total. The molecule has 0 aromatic rings. The number of carbonyl (C=O) groups excluding carboxylic acids is 1. The topological polar surface area (TPSA) is 41.5 Å². The zero-order chi connectivity index (χ0) is 8.60. The van der Waals surface area contributed by atoms with E-state index >= 15 is 0 Å². The van der Waals surface area contributed by atoms with Crippen LogP contribution in [0.25, 0.3) is 0 Å². The van der Waals surface area contributed by atoms with Crippen LogP contribution in [0.15, 0.2) is 4.99 Å². The molecule has 0 unspecified atom stereocenters. The predicted molar refractivity (Wildman–Crippen MR) is 47.1 cm³/mol. The molecule has 0 bridgehead atoms. The summed E-state index contributed by atoms with van der Waals surface area (Å²) in [4.78, 5) is 16.0. The van der Waals surface area contributed by atoms with E-state index < -0.39 is 0 Å². The maximum Gasteiger partial charge on any atom is 0.253 e. The Hall–Kier alpha value is -0.860. The Morgan fingerprint density at radius 1 is 1.50 bits per heavy atom. The van der Waals surface area contributed by atoms with Gasteiger partial charge in [0.25, 0.3) is 5.91 Å². The smallest absolute Gasteiger partial charge is 0.253 e. The average Bonchev–Trinajstić information content (AvgIpc) is 2.63. The van der Waals surface area contributed by atoms with Crippen LogP contribution in [0, 0.1) is 0 Å². The van der Waals surface area contributed by atoms with Crippen LogP contribution in [0.4, 0.5) is 0 Å². The van der Waals surface area contributed by atoms with Gasteiger partial charge in [0.2, 0.25) is 0 Å². The molecule has 0 saturated heterocycles. The molecule has 3 heteroatoms. The van der Waals surface area contributed by atoms with Gasteiger partial charge >= 0.3 is 0 Å². The van der Waals surface area contributed by atoms with Gasteiger partial charge < -0.3 is 5.32 Å². The first-order valence-electron chi connectivity index (χ1n) is 4.67. The first-order valence-corrected chi connectivity index (χ1v) is 4.67. The molecule has 1 N–H and O–H groups in total. The van der Waals surface area contributed by atoms with Gasteiger partial charge in [-0.1, -0.05) is 19.8 Å². The van der Waals surface area contributed by atoms with Crippen LogP contribution in [0.1, 0.15) is 39.0 Å². The maximum absolute atomic E-state index is 11.5. The van der Waals surface area contributed by atoms with E-state index in [4.69, 9.17) is 0 Å². The number of aliphatic imine (C=N–C) groups is 1. The third-order valence-corrected chi connectivity index (χ3v) is 2.80. The summed E-state index contributed by atoms with van der Waals surface area (Å²) in [6.07, 6.45) is 5.03. The Balaban J connectivity index is 2.24. The highest BCUT2D eigenvalue weighted by Gasteiger charge is 2.44. The third-order valence-electron chi connectivity index (χ3n) is 2.80. The molecule has 66 valence electrons. The normalized spacial score (nSPS) is 26.1. The van der Waals surface area contributed by atoms with Crippen LogP contribution in [-0.2, 0) is 4.79 Å². The lowest BCUT2D eigenvalue weighted by atomic mass is 9.99. The van der Waals surface area contributed by atoms with Crippen LogP contribution in [0.3, 0.4) is 0 Å². The fourth-order valence-electron chi connectivity index (χ4n) is 2.05. The number of amides is 1. The van der Waals surface area contributed by atoms with Crippen molar-refractivity contribution in [2.45, 2.75) is 44.6 Å². The quantitative estimate of drug-likeness (QED) is 0.625. The molecule has 1 heterocycles. The first-order chi connectivity index (χ1) is 5.77. The second-order valence-electron chi connectivity index (χ2n) is 3.60. The van der Waals surface area contributed by atoms with E-state index in [-0.39, 0.29) is 11.4 Å². The molecule has 0 aromatic heterocycles. The molecule has 1 aliphatic heterocycles. The van der Waals surface area contributed by atoms with Crippen LogP contribution in [0.5, 0.6) is 0 Å². The Labute approximate surface area is 72.3 Å². The van der Waals surface area contributed by atoms with Crippen molar-refractivity contribution in [1.82, 2.24) is 5.32 Å². The van der Waals surface area contributed by atoms with Gasteiger partial charge in [-0.2, -0.15) is 0 Å². The van der Waals surface area contributed by atoms with Crippen molar-refractivity contribution in [3.05, 3.63) is 0 Å². The summed E-state index contributed by atoms with van der Waals surface area (Å²) in [5.41, 5.74) is -0.342. The lowest BCUT2D eigenvalue weighted by molar-refractivity contribution is -0.123. The second-order valence-corrected chi connectivity index (χ2v) is 3.60. The maximum atomic E-state index is 11.5. The SMILES string of the molecule is CCC1=NC2(CCCC2)C(=O)N1. The van der Waals surface area contributed by atoms with Gasteiger partial charge in [0, 0.05) is 6.42 Å². The number of carbonyl (C=O) groups is 1. The fourth-order valence-corrected chi connectivity index (χ4v) is 2.05. The summed E-state index contributed by atoms with van der Waals surface area (Å²) in [5, 5.41) is 2.85. The van der Waals surface area contributed by atoms with Gasteiger partial charge in [-0.15, -0.1) is 0 Å². The Kier molecular flexibility index (Phi) is 1.67. The third kappa shape index (κ3) is 0.958. The number of hydrogen-bond acceptors (Lipinski definition) is 2. The highest BCUT2D eigenvalue weighted by atomic mass is 16.2. The van der Waals surface area contributed by atoms with Crippen molar-refractivity contribution in [2.24, 2.45) is 4.99 Å². The molecule has 0 atom stereocenters. The monoisotopic (exact) mass is 166 g/mol. The first kappa shape index (κ1) is 7.77. The van der Waals surface area contributed by atoms with Crippen molar-refractivity contribution in [3.63, 3.8) is 0 Å². The zero-order valence-electron chi connectivity index (χ0n) is 7.39. The van der Waals surface area contributed by atoms with Crippen LogP contribution in [-0.4, -0.2) is 17.3 Å². The fraction of sp³-hybridized carbons (Fsp3) is 0.778. The van der Waals surface area contributed by atoms with Gasteiger partial charge in [-0.05, 0) is 12.8 Å². The van der Waals surface area contributed by atoms with E-state index in [0.29, 0.717) is 0 Å². The Bertz CT molecular complexity index is 239. The molecule has 1 fully saturated rings. The minimum Gasteiger partial charge on any atom is -0.312 e. The molecule has 2 aliphatic rings. The number of nitrogens with zero attached hydrogens (tertiary/aromatic N) is 1. The van der Waals surface area contributed by atoms with Crippen LogP contribution < -0.4 is 5.32 Å². The standard InChI is InChI=1S/C9H14N2O/c1-2-7-10-8(12)9(11-7)5-3-4-6-9/h2-6H2,1H3,(H,10,11,12). The minimum absolute atomic E-state index is 0.136. The molecular formula is C9H14N2O. The van der Waals surface area contributed by atoms with Gasteiger partial charge in [-0.25, -0.2) is 0 Å². The number of amidine groups is 1. The van der Waals surface area contributed by atoms with E-state index in [1.54, 1.807) is 0 Å². The Morgan fingerprint density at radius 2 is 2.17 bits per heavy atom. The summed E-state index contributed by atoms with van der Waals surface area (Å²) in [7, 11) is 0. The summed E-state index contributed by atoms with van der Waals surface area (Å²) < 4.78 is 0. The largest absolute Gasteiger partial charge is 0.312 e. The van der Waals surface area contributed by atoms with Crippen molar-refractivity contribution >= 4 is 11.7 Å². The molecule has 1 saturated carbocycles. The van der Waals surface area contributed by atoms with Gasteiger partial charge in [0.05, 0.1) is 0 Å². The van der Waals surface area contributed by atoms with Gasteiger partial charge in [0.15, 0.2) is 0 Å². The predicted octanol–water partition coefficient (Wildman–Crippen LogP) is 1.24. The van der Waals surface area contributed by atoms with E-state index in [2.05, 4.69) is 10.3 Å². The highest BCUT2D eigenvalue weighted by Crippen LogP contribution is 2.35. The van der Waals surface area contributed by atoms with E-state index in [9.17, 15) is 4.79 Å². The molecule has 2 rings (SSSR count). The van der Waals surface area contributed by atoms with Crippen molar-refractivity contribution in [1.29, 1.82) is 0 Å². The molecular weight excluding hydrogens is 152 g/mol. The Morgan fingerprint density at radius 3 is 2.67 bits per heavy atom. The van der Waals surface area contributed by atoms with Crippen LogP contribution >= 0.6 is 0 Å². The number of hydrogen-bond donors (Lipinski definition) is 1. The minimum atomic E-state index is -0.342. The molecule has 1 amide bonds.